The smallest absolute Gasteiger partial charge is 0.255 e. The highest BCUT2D eigenvalue weighted by Gasteiger charge is 2.17. The van der Waals surface area contributed by atoms with Gasteiger partial charge in [0.25, 0.3) is 5.91 Å². The number of hydrogen-bond donors (Lipinski definition) is 1. The van der Waals surface area contributed by atoms with E-state index < -0.39 is 0 Å². The lowest BCUT2D eigenvalue weighted by Gasteiger charge is -2.18. The summed E-state index contributed by atoms with van der Waals surface area (Å²) < 4.78 is 12.8. The van der Waals surface area contributed by atoms with E-state index in [9.17, 15) is 14.0 Å². The Kier molecular flexibility index (Phi) is 5.76. The van der Waals surface area contributed by atoms with Gasteiger partial charge in [0, 0.05) is 17.6 Å². The van der Waals surface area contributed by atoms with E-state index in [0.29, 0.717) is 11.3 Å². The molecule has 0 fully saturated rings. The molecule has 0 unspecified atom stereocenters. The van der Waals surface area contributed by atoms with E-state index in [1.165, 1.54) is 40.9 Å². The number of carbonyl (C=O) groups excluding carboxylic acids is 2. The Hall–Kier alpha value is -2.34. The van der Waals surface area contributed by atoms with Crippen LogP contribution < -0.4 is 5.32 Å². The second-order valence-electron chi connectivity index (χ2n) is 4.92. The molecule has 0 spiro atoms. The van der Waals surface area contributed by atoms with Crippen molar-refractivity contribution in [1.82, 2.24) is 4.90 Å². The quantitative estimate of drug-likeness (QED) is 0.855. The molecule has 2 aromatic carbocycles. The lowest BCUT2D eigenvalue weighted by atomic mass is 10.2. The van der Waals surface area contributed by atoms with Crippen molar-refractivity contribution in [1.29, 1.82) is 0 Å². The maximum Gasteiger partial charge on any atom is 0.255 e. The van der Waals surface area contributed by atoms with Crippen LogP contribution in [-0.2, 0) is 4.79 Å². The van der Waals surface area contributed by atoms with E-state index in [1.54, 1.807) is 19.2 Å². The van der Waals surface area contributed by atoms with E-state index in [4.69, 9.17) is 0 Å². The fourth-order valence-corrected chi connectivity index (χ4v) is 2.64. The third-order valence-corrected chi connectivity index (χ3v) is 3.99. The first-order valence-corrected chi connectivity index (χ1v) is 8.17. The van der Waals surface area contributed by atoms with Crippen LogP contribution in [0.3, 0.4) is 0 Å². The van der Waals surface area contributed by atoms with Crippen LogP contribution in [0.15, 0.2) is 53.4 Å². The van der Waals surface area contributed by atoms with Gasteiger partial charge in [0.15, 0.2) is 0 Å². The van der Waals surface area contributed by atoms with Crippen LogP contribution in [0.5, 0.6) is 0 Å². The summed E-state index contributed by atoms with van der Waals surface area (Å²) in [6, 6.07) is 12.7. The molecule has 0 aromatic heterocycles. The number of hydrogen-bond acceptors (Lipinski definition) is 3. The van der Waals surface area contributed by atoms with Gasteiger partial charge in [-0.1, -0.05) is 12.1 Å². The predicted molar refractivity (Wildman–Crippen MR) is 90.2 cm³/mol. The van der Waals surface area contributed by atoms with Crippen LogP contribution in [0.1, 0.15) is 10.4 Å². The maximum atomic E-state index is 12.8. The van der Waals surface area contributed by atoms with Gasteiger partial charge in [-0.3, -0.25) is 9.59 Å². The molecule has 6 heteroatoms. The van der Waals surface area contributed by atoms with Crippen molar-refractivity contribution in [2.24, 2.45) is 0 Å². The van der Waals surface area contributed by atoms with Crippen LogP contribution in [0.25, 0.3) is 0 Å². The Bertz CT molecular complexity index is 704. The molecule has 23 heavy (non-hydrogen) atoms. The topological polar surface area (TPSA) is 49.4 Å². The molecule has 2 aromatic rings. The molecular formula is C17H17FN2O2S. The number of thioether (sulfide) groups is 1. The highest BCUT2D eigenvalue weighted by Crippen LogP contribution is 2.21. The standard InChI is InChI=1S/C17H17FN2O2S/c1-20(17(22)14-5-3-4-6-15(14)23-2)11-16(21)19-13-9-7-12(18)8-10-13/h3-10H,11H2,1-2H3,(H,19,21). The van der Waals surface area contributed by atoms with Gasteiger partial charge >= 0.3 is 0 Å². The van der Waals surface area contributed by atoms with E-state index in [0.717, 1.165) is 4.90 Å². The predicted octanol–water partition coefficient (Wildman–Crippen LogP) is 3.26. The Labute approximate surface area is 138 Å². The van der Waals surface area contributed by atoms with E-state index >= 15 is 0 Å². The van der Waals surface area contributed by atoms with Crippen LogP contribution >= 0.6 is 11.8 Å². The summed E-state index contributed by atoms with van der Waals surface area (Å²) in [5, 5.41) is 2.63. The number of anilines is 1. The summed E-state index contributed by atoms with van der Waals surface area (Å²) in [6.07, 6.45) is 1.90. The lowest BCUT2D eigenvalue weighted by Crippen LogP contribution is -2.35. The van der Waals surface area contributed by atoms with Gasteiger partial charge in [-0.15, -0.1) is 11.8 Å². The minimum absolute atomic E-state index is 0.0844. The number of carbonyl (C=O) groups is 2. The molecule has 2 rings (SSSR count). The summed E-state index contributed by atoms with van der Waals surface area (Å²) in [6.45, 7) is -0.0844. The Balaban J connectivity index is 2.00. The van der Waals surface area contributed by atoms with Gasteiger partial charge in [-0.2, -0.15) is 0 Å². The highest BCUT2D eigenvalue weighted by atomic mass is 32.2. The average molecular weight is 332 g/mol. The van der Waals surface area contributed by atoms with E-state index in [2.05, 4.69) is 5.32 Å². The number of nitrogens with zero attached hydrogens (tertiary/aromatic N) is 1. The highest BCUT2D eigenvalue weighted by molar-refractivity contribution is 7.98. The second kappa shape index (κ2) is 7.78. The molecular weight excluding hydrogens is 315 g/mol. The molecule has 0 aliphatic rings. The Morgan fingerprint density at radius 3 is 2.43 bits per heavy atom. The number of rotatable bonds is 5. The van der Waals surface area contributed by atoms with Crippen molar-refractivity contribution >= 4 is 29.3 Å². The Morgan fingerprint density at radius 2 is 1.78 bits per heavy atom. The van der Waals surface area contributed by atoms with Crippen LogP contribution in [-0.4, -0.2) is 36.6 Å². The van der Waals surface area contributed by atoms with Crippen LogP contribution in [0.4, 0.5) is 10.1 Å². The van der Waals surface area contributed by atoms with Gasteiger partial charge < -0.3 is 10.2 Å². The summed E-state index contributed by atoms with van der Waals surface area (Å²) in [7, 11) is 1.57. The first-order valence-electron chi connectivity index (χ1n) is 6.95. The number of benzene rings is 2. The van der Waals surface area contributed by atoms with Crippen LogP contribution in [0.2, 0.25) is 0 Å². The molecule has 0 saturated carbocycles. The molecule has 2 amide bonds. The van der Waals surface area contributed by atoms with Gasteiger partial charge in [-0.05, 0) is 42.7 Å². The molecule has 0 aliphatic carbocycles. The number of halogens is 1. The normalized spacial score (nSPS) is 10.2. The Morgan fingerprint density at radius 1 is 1.13 bits per heavy atom. The second-order valence-corrected chi connectivity index (χ2v) is 5.76. The summed E-state index contributed by atoms with van der Waals surface area (Å²) in [5.74, 6) is -0.928. The SMILES string of the molecule is CSc1ccccc1C(=O)N(C)CC(=O)Nc1ccc(F)cc1. The monoisotopic (exact) mass is 332 g/mol. The first-order chi connectivity index (χ1) is 11.0. The molecule has 0 atom stereocenters. The number of amides is 2. The molecule has 0 radical (unpaired) electrons. The zero-order chi connectivity index (χ0) is 16.8. The largest absolute Gasteiger partial charge is 0.332 e. The van der Waals surface area contributed by atoms with Crippen molar-refractivity contribution in [2.45, 2.75) is 4.90 Å². The van der Waals surface area contributed by atoms with Crippen molar-refractivity contribution < 1.29 is 14.0 Å². The fourth-order valence-electron chi connectivity index (χ4n) is 2.05. The molecule has 0 aliphatic heterocycles. The molecule has 1 N–H and O–H groups in total. The van der Waals surface area contributed by atoms with Gasteiger partial charge in [-0.25, -0.2) is 4.39 Å². The minimum Gasteiger partial charge on any atom is -0.332 e. The molecule has 120 valence electrons. The third-order valence-electron chi connectivity index (χ3n) is 3.19. The summed E-state index contributed by atoms with van der Waals surface area (Å²) in [5.41, 5.74) is 1.05. The molecule has 4 nitrogen and oxygen atoms in total. The first kappa shape index (κ1) is 17.0. The van der Waals surface area contributed by atoms with Gasteiger partial charge in [0.1, 0.15) is 5.82 Å². The third kappa shape index (κ3) is 4.56. The van der Waals surface area contributed by atoms with Crippen molar-refractivity contribution in [3.63, 3.8) is 0 Å². The van der Waals surface area contributed by atoms with E-state index in [1.807, 2.05) is 18.4 Å². The van der Waals surface area contributed by atoms with Gasteiger partial charge in [0.2, 0.25) is 5.91 Å². The molecule has 0 bridgehead atoms. The fraction of sp³-hybridized carbons (Fsp3) is 0.176. The van der Waals surface area contributed by atoms with E-state index in [-0.39, 0.29) is 24.2 Å². The number of likely N-dealkylation sites (N-methyl/N-ethyl adjacent to an activating group) is 1. The van der Waals surface area contributed by atoms with Crippen molar-refractivity contribution in [3.8, 4) is 0 Å². The molecule has 0 heterocycles. The van der Waals surface area contributed by atoms with Crippen molar-refractivity contribution in [2.75, 3.05) is 25.2 Å². The summed E-state index contributed by atoms with van der Waals surface area (Å²) in [4.78, 5) is 26.7. The molecule has 0 saturated heterocycles. The summed E-state index contributed by atoms with van der Waals surface area (Å²) >= 11 is 1.48. The maximum absolute atomic E-state index is 12.8. The zero-order valence-corrected chi connectivity index (χ0v) is 13.7. The van der Waals surface area contributed by atoms with Gasteiger partial charge in [0.05, 0.1) is 12.1 Å². The van der Waals surface area contributed by atoms with Crippen molar-refractivity contribution in [3.05, 3.63) is 59.9 Å². The number of nitrogens with one attached hydrogen (secondary N) is 1. The minimum atomic E-state index is -0.371. The lowest BCUT2D eigenvalue weighted by molar-refractivity contribution is -0.116. The van der Waals surface area contributed by atoms with Crippen LogP contribution in [0, 0.1) is 5.82 Å². The zero-order valence-electron chi connectivity index (χ0n) is 12.9. The average Bonchev–Trinajstić information content (AvgIpc) is 2.56.